The SMILES string of the molecule is c1ccc(-c2cc(-c3ccc(N(c4ccccc4)c4ccccc4)cc3)c3ccc4c(-c5ccccc5)cc(N(c5ccccc5)c5ccccc5)c5ccc2c3c45)cc1. The van der Waals surface area contributed by atoms with Crippen molar-refractivity contribution in [2.24, 2.45) is 0 Å². The Bertz CT molecular complexity index is 3130. The zero-order valence-electron chi connectivity index (χ0n) is 33.0. The van der Waals surface area contributed by atoms with Gasteiger partial charge < -0.3 is 9.80 Å². The Labute approximate surface area is 350 Å². The average molecular weight is 765 g/mol. The highest BCUT2D eigenvalue weighted by molar-refractivity contribution is 6.32. The summed E-state index contributed by atoms with van der Waals surface area (Å²) in [5.41, 5.74) is 13.9. The standard InChI is InChI=1S/C58H40N2/c1-7-19-41(20-8-1)53-39-54(43-31-33-48(34-32-43)59(44-23-11-3-12-24-44)45-25-13-4-14-26-45)49-35-36-51-55(42-21-9-2-10-22-42)40-56(52-38-37-50(53)57(49)58(51)52)60(46-27-15-5-16-28-46)47-29-17-6-18-30-47/h1-40H. The van der Waals surface area contributed by atoms with Crippen molar-refractivity contribution in [3.63, 3.8) is 0 Å². The van der Waals surface area contributed by atoms with Crippen LogP contribution in [0.1, 0.15) is 0 Å². The molecule has 0 spiro atoms. The number of hydrogen-bond donors (Lipinski definition) is 0. The van der Waals surface area contributed by atoms with E-state index in [2.05, 4.69) is 252 Å². The molecule has 0 N–H and O–H groups in total. The van der Waals surface area contributed by atoms with E-state index in [0.717, 1.165) is 34.1 Å². The predicted octanol–water partition coefficient (Wildman–Crippen LogP) is 16.5. The molecule has 0 aliphatic carbocycles. The summed E-state index contributed by atoms with van der Waals surface area (Å²) in [7, 11) is 0. The third-order valence-corrected chi connectivity index (χ3v) is 11.8. The smallest absolute Gasteiger partial charge is 0.0546 e. The monoisotopic (exact) mass is 764 g/mol. The van der Waals surface area contributed by atoms with Gasteiger partial charge >= 0.3 is 0 Å². The molecule has 0 saturated heterocycles. The summed E-state index contributed by atoms with van der Waals surface area (Å²) in [5, 5.41) is 7.49. The Morgan fingerprint density at radius 3 is 0.933 bits per heavy atom. The lowest BCUT2D eigenvalue weighted by atomic mass is 9.83. The second-order valence-electron chi connectivity index (χ2n) is 15.3. The van der Waals surface area contributed by atoms with Crippen molar-refractivity contribution in [3.8, 4) is 33.4 Å². The van der Waals surface area contributed by atoms with Gasteiger partial charge in [-0.05, 0) is 128 Å². The van der Waals surface area contributed by atoms with Crippen LogP contribution >= 0.6 is 0 Å². The van der Waals surface area contributed by atoms with Gasteiger partial charge in [0.15, 0.2) is 0 Å². The van der Waals surface area contributed by atoms with E-state index in [0.29, 0.717) is 0 Å². The first-order valence-corrected chi connectivity index (χ1v) is 20.6. The highest BCUT2D eigenvalue weighted by Crippen LogP contribution is 2.50. The summed E-state index contributed by atoms with van der Waals surface area (Å²) in [4.78, 5) is 4.74. The van der Waals surface area contributed by atoms with Crippen LogP contribution < -0.4 is 9.80 Å². The van der Waals surface area contributed by atoms with Crippen LogP contribution in [0.3, 0.4) is 0 Å². The minimum absolute atomic E-state index is 1.11. The van der Waals surface area contributed by atoms with Crippen LogP contribution in [0.2, 0.25) is 0 Å². The molecular weight excluding hydrogens is 725 g/mol. The fourth-order valence-corrected chi connectivity index (χ4v) is 9.08. The van der Waals surface area contributed by atoms with Crippen LogP contribution in [0.15, 0.2) is 243 Å². The highest BCUT2D eigenvalue weighted by atomic mass is 15.1. The van der Waals surface area contributed by atoms with Crippen LogP contribution in [-0.2, 0) is 0 Å². The average Bonchev–Trinajstić information content (AvgIpc) is 3.33. The van der Waals surface area contributed by atoms with Crippen molar-refractivity contribution in [1.82, 2.24) is 0 Å². The molecule has 2 nitrogen and oxygen atoms in total. The van der Waals surface area contributed by atoms with E-state index in [1.807, 2.05) is 0 Å². The van der Waals surface area contributed by atoms with Gasteiger partial charge in [0.2, 0.25) is 0 Å². The van der Waals surface area contributed by atoms with Crippen molar-refractivity contribution in [2.75, 3.05) is 9.80 Å². The molecule has 11 aromatic carbocycles. The first-order chi connectivity index (χ1) is 29.8. The van der Waals surface area contributed by atoms with Crippen molar-refractivity contribution >= 4 is 66.4 Å². The molecule has 0 aliphatic heterocycles. The summed E-state index contributed by atoms with van der Waals surface area (Å²) in [6, 6.07) is 87.8. The Morgan fingerprint density at radius 2 is 0.517 bits per heavy atom. The van der Waals surface area contributed by atoms with Gasteiger partial charge in [0.05, 0.1) is 5.69 Å². The van der Waals surface area contributed by atoms with E-state index in [9.17, 15) is 0 Å². The topological polar surface area (TPSA) is 6.48 Å². The molecule has 0 bridgehead atoms. The second-order valence-corrected chi connectivity index (χ2v) is 15.3. The first-order valence-electron chi connectivity index (χ1n) is 20.6. The Hall–Kier alpha value is -7.94. The normalized spacial score (nSPS) is 11.3. The minimum atomic E-state index is 1.11. The van der Waals surface area contributed by atoms with Crippen LogP contribution in [0.25, 0.3) is 65.7 Å². The first kappa shape index (κ1) is 35.2. The van der Waals surface area contributed by atoms with Gasteiger partial charge in [-0.1, -0.05) is 170 Å². The summed E-state index contributed by atoms with van der Waals surface area (Å²) in [5.74, 6) is 0. The van der Waals surface area contributed by atoms with E-state index in [-0.39, 0.29) is 0 Å². The lowest BCUT2D eigenvalue weighted by molar-refractivity contribution is 1.28. The summed E-state index contributed by atoms with van der Waals surface area (Å²) < 4.78 is 0. The third-order valence-electron chi connectivity index (χ3n) is 11.8. The number of para-hydroxylation sites is 4. The molecule has 2 heteroatoms. The number of hydrogen-bond acceptors (Lipinski definition) is 2. The van der Waals surface area contributed by atoms with Crippen LogP contribution in [0, 0.1) is 0 Å². The maximum absolute atomic E-state index is 2.42. The molecular formula is C58H40N2. The van der Waals surface area contributed by atoms with Crippen molar-refractivity contribution in [2.45, 2.75) is 0 Å². The Kier molecular flexibility index (Phi) is 8.87. The second kappa shape index (κ2) is 15.1. The molecule has 0 aliphatic rings. The van der Waals surface area contributed by atoms with E-state index < -0.39 is 0 Å². The van der Waals surface area contributed by atoms with E-state index in [4.69, 9.17) is 0 Å². The maximum atomic E-state index is 2.42. The van der Waals surface area contributed by atoms with Gasteiger partial charge in [-0.3, -0.25) is 0 Å². The zero-order valence-corrected chi connectivity index (χ0v) is 33.0. The molecule has 0 radical (unpaired) electrons. The van der Waals surface area contributed by atoms with Gasteiger partial charge in [0.1, 0.15) is 0 Å². The van der Waals surface area contributed by atoms with Crippen molar-refractivity contribution < 1.29 is 0 Å². The van der Waals surface area contributed by atoms with E-state index >= 15 is 0 Å². The van der Waals surface area contributed by atoms with Gasteiger partial charge in [0, 0.05) is 39.2 Å². The maximum Gasteiger partial charge on any atom is 0.0546 e. The van der Waals surface area contributed by atoms with Gasteiger partial charge in [-0.15, -0.1) is 0 Å². The minimum Gasteiger partial charge on any atom is -0.311 e. The molecule has 0 fully saturated rings. The molecule has 0 atom stereocenters. The molecule has 0 unspecified atom stereocenters. The van der Waals surface area contributed by atoms with E-state index in [1.54, 1.807) is 0 Å². The van der Waals surface area contributed by atoms with Crippen molar-refractivity contribution in [3.05, 3.63) is 243 Å². The van der Waals surface area contributed by atoms with Gasteiger partial charge in [-0.25, -0.2) is 0 Å². The number of rotatable bonds is 9. The summed E-state index contributed by atoms with van der Waals surface area (Å²) in [6.45, 7) is 0. The van der Waals surface area contributed by atoms with Crippen molar-refractivity contribution in [1.29, 1.82) is 0 Å². The van der Waals surface area contributed by atoms with Crippen LogP contribution in [0.5, 0.6) is 0 Å². The lowest BCUT2D eigenvalue weighted by Gasteiger charge is -2.29. The molecule has 0 amide bonds. The van der Waals surface area contributed by atoms with Gasteiger partial charge in [0.25, 0.3) is 0 Å². The predicted molar refractivity (Wildman–Crippen MR) is 256 cm³/mol. The fraction of sp³-hybridized carbons (Fsp3) is 0. The largest absolute Gasteiger partial charge is 0.311 e. The molecule has 282 valence electrons. The molecule has 0 saturated carbocycles. The third kappa shape index (κ3) is 6.14. The molecule has 11 rings (SSSR count). The van der Waals surface area contributed by atoms with E-state index in [1.165, 1.54) is 65.7 Å². The summed E-state index contributed by atoms with van der Waals surface area (Å²) >= 11 is 0. The van der Waals surface area contributed by atoms with Gasteiger partial charge in [-0.2, -0.15) is 0 Å². The quantitative estimate of drug-likeness (QED) is 0.135. The number of anilines is 6. The Balaban J connectivity index is 1.20. The Morgan fingerprint density at radius 1 is 0.217 bits per heavy atom. The number of nitrogens with zero attached hydrogens (tertiary/aromatic N) is 2. The van der Waals surface area contributed by atoms with Crippen LogP contribution in [0.4, 0.5) is 34.1 Å². The molecule has 60 heavy (non-hydrogen) atoms. The summed E-state index contributed by atoms with van der Waals surface area (Å²) in [6.07, 6.45) is 0. The lowest BCUT2D eigenvalue weighted by Crippen LogP contribution is -2.11. The molecule has 0 aromatic heterocycles. The fourth-order valence-electron chi connectivity index (χ4n) is 9.08. The zero-order chi connectivity index (χ0) is 39.8. The molecule has 0 heterocycles. The highest BCUT2D eigenvalue weighted by Gasteiger charge is 2.24. The number of benzene rings is 11. The van der Waals surface area contributed by atoms with Crippen LogP contribution in [-0.4, -0.2) is 0 Å². The molecule has 11 aromatic rings.